The zero-order chi connectivity index (χ0) is 13.8. The normalized spacial score (nSPS) is 14.5. The molecule has 1 aromatic heterocycles. The molecule has 4 heteroatoms. The molecule has 0 fully saturated rings. The lowest BCUT2D eigenvalue weighted by atomic mass is 10.1. The van der Waals surface area contributed by atoms with Crippen LogP contribution in [0.5, 0.6) is 0 Å². The van der Waals surface area contributed by atoms with Crippen molar-refractivity contribution in [2.75, 3.05) is 6.54 Å². The van der Waals surface area contributed by atoms with Crippen molar-refractivity contribution in [3.05, 3.63) is 53.1 Å². The van der Waals surface area contributed by atoms with Crippen molar-refractivity contribution in [3.63, 3.8) is 0 Å². The number of carbonyl (C=O) groups excluding carboxylic acids is 1. The Balaban J connectivity index is 1.61. The molecule has 1 aromatic carbocycles. The zero-order valence-electron chi connectivity index (χ0n) is 11.5. The number of nitrogens with one attached hydrogen (secondary N) is 2. The van der Waals surface area contributed by atoms with Crippen LogP contribution in [-0.2, 0) is 19.3 Å². The number of aryl methyl sites for hydroxylation is 3. The van der Waals surface area contributed by atoms with E-state index < -0.39 is 0 Å². The van der Waals surface area contributed by atoms with Gasteiger partial charge in [0.1, 0.15) is 11.5 Å². The second-order valence-corrected chi connectivity index (χ2v) is 5.21. The number of rotatable bonds is 4. The van der Waals surface area contributed by atoms with Gasteiger partial charge in [-0.05, 0) is 31.2 Å². The van der Waals surface area contributed by atoms with Crippen LogP contribution in [0.4, 0.5) is 0 Å². The smallest absolute Gasteiger partial charge is 0.271 e. The van der Waals surface area contributed by atoms with E-state index in [0.717, 1.165) is 50.2 Å². The van der Waals surface area contributed by atoms with Crippen molar-refractivity contribution in [2.24, 2.45) is 0 Å². The van der Waals surface area contributed by atoms with E-state index in [4.69, 9.17) is 0 Å². The number of hydrogen-bond donors (Lipinski definition) is 2. The minimum atomic E-state index is -0.0388. The first kappa shape index (κ1) is 12.9. The molecule has 0 unspecified atom stereocenters. The number of aromatic nitrogens is 2. The Morgan fingerprint density at radius 3 is 2.85 bits per heavy atom. The van der Waals surface area contributed by atoms with Crippen LogP contribution in [-0.4, -0.2) is 22.4 Å². The Kier molecular flexibility index (Phi) is 3.81. The van der Waals surface area contributed by atoms with E-state index in [1.54, 1.807) is 0 Å². The molecule has 4 nitrogen and oxygen atoms in total. The summed E-state index contributed by atoms with van der Waals surface area (Å²) in [5, 5.41) is 2.87. The van der Waals surface area contributed by atoms with Crippen molar-refractivity contribution < 1.29 is 4.79 Å². The van der Waals surface area contributed by atoms with E-state index >= 15 is 0 Å². The Morgan fingerprint density at radius 2 is 2.00 bits per heavy atom. The molecule has 2 heterocycles. The number of H-pyrrole nitrogens is 1. The molecule has 0 atom stereocenters. The minimum absolute atomic E-state index is 0.0388. The van der Waals surface area contributed by atoms with E-state index in [2.05, 4.69) is 39.6 Å². The van der Waals surface area contributed by atoms with E-state index in [1.165, 1.54) is 5.56 Å². The van der Waals surface area contributed by atoms with Crippen LogP contribution < -0.4 is 5.32 Å². The average molecular weight is 269 g/mol. The van der Waals surface area contributed by atoms with E-state index in [1.807, 2.05) is 6.07 Å². The molecule has 1 amide bonds. The number of carbonyl (C=O) groups is 1. The maximum absolute atomic E-state index is 11.8. The minimum Gasteiger partial charge on any atom is -0.351 e. The van der Waals surface area contributed by atoms with Gasteiger partial charge in [0.05, 0.1) is 0 Å². The van der Waals surface area contributed by atoms with Gasteiger partial charge in [-0.1, -0.05) is 30.3 Å². The Labute approximate surface area is 118 Å². The van der Waals surface area contributed by atoms with Gasteiger partial charge in [-0.3, -0.25) is 4.79 Å². The quantitative estimate of drug-likeness (QED) is 0.894. The van der Waals surface area contributed by atoms with E-state index in [9.17, 15) is 4.79 Å². The van der Waals surface area contributed by atoms with Crippen molar-refractivity contribution >= 4 is 5.91 Å². The fourth-order valence-electron chi connectivity index (χ4n) is 2.61. The molecule has 0 radical (unpaired) electrons. The molecule has 2 N–H and O–H groups in total. The van der Waals surface area contributed by atoms with Gasteiger partial charge in [-0.15, -0.1) is 0 Å². The molecule has 1 aliphatic heterocycles. The van der Waals surface area contributed by atoms with Gasteiger partial charge >= 0.3 is 0 Å². The molecule has 20 heavy (non-hydrogen) atoms. The third-order valence-electron chi connectivity index (χ3n) is 3.65. The zero-order valence-corrected chi connectivity index (χ0v) is 11.5. The third-order valence-corrected chi connectivity index (χ3v) is 3.65. The van der Waals surface area contributed by atoms with Crippen LogP contribution in [0, 0.1) is 0 Å². The van der Waals surface area contributed by atoms with Crippen molar-refractivity contribution in [1.82, 2.24) is 15.3 Å². The number of benzene rings is 1. The van der Waals surface area contributed by atoms with Gasteiger partial charge in [0.25, 0.3) is 5.91 Å². The lowest BCUT2D eigenvalue weighted by Gasteiger charge is -2.00. The predicted octanol–water partition coefficient (Wildman–Crippen LogP) is 2.26. The van der Waals surface area contributed by atoms with Gasteiger partial charge in [-0.2, -0.15) is 0 Å². The van der Waals surface area contributed by atoms with Crippen molar-refractivity contribution in [2.45, 2.75) is 32.1 Å². The lowest BCUT2D eigenvalue weighted by Crippen LogP contribution is -2.23. The molecular formula is C16H19N3O. The highest BCUT2D eigenvalue weighted by atomic mass is 16.1. The number of amides is 1. The molecule has 0 bridgehead atoms. The first-order valence-corrected chi connectivity index (χ1v) is 7.23. The van der Waals surface area contributed by atoms with Crippen LogP contribution in [0.15, 0.2) is 30.3 Å². The predicted molar refractivity (Wildman–Crippen MR) is 77.7 cm³/mol. The second kappa shape index (κ2) is 5.90. The summed E-state index contributed by atoms with van der Waals surface area (Å²) in [7, 11) is 0. The maximum atomic E-state index is 11.8. The van der Waals surface area contributed by atoms with Gasteiger partial charge < -0.3 is 10.3 Å². The van der Waals surface area contributed by atoms with Gasteiger partial charge in [0.2, 0.25) is 0 Å². The van der Waals surface area contributed by atoms with Gasteiger partial charge in [-0.25, -0.2) is 4.98 Å². The second-order valence-electron chi connectivity index (χ2n) is 5.21. The Bertz CT molecular complexity index is 589. The highest BCUT2D eigenvalue weighted by Gasteiger charge is 2.19. The topological polar surface area (TPSA) is 57.8 Å². The fourth-order valence-corrected chi connectivity index (χ4v) is 2.61. The monoisotopic (exact) mass is 269 g/mol. The number of aromatic amines is 1. The SMILES string of the molecule is O=C1NCCCc2[nH]c(CCCc3ccccc3)nc21. The maximum Gasteiger partial charge on any atom is 0.271 e. The van der Waals surface area contributed by atoms with Crippen LogP contribution in [0.3, 0.4) is 0 Å². The molecule has 0 saturated carbocycles. The molecular weight excluding hydrogens is 250 g/mol. The first-order chi connectivity index (χ1) is 9.83. The van der Waals surface area contributed by atoms with Crippen LogP contribution >= 0.6 is 0 Å². The lowest BCUT2D eigenvalue weighted by molar-refractivity contribution is 0.0951. The summed E-state index contributed by atoms with van der Waals surface area (Å²) in [6.07, 6.45) is 4.84. The average Bonchev–Trinajstić information content (AvgIpc) is 2.80. The Morgan fingerprint density at radius 1 is 1.15 bits per heavy atom. The molecule has 2 aromatic rings. The molecule has 0 aliphatic carbocycles. The first-order valence-electron chi connectivity index (χ1n) is 7.23. The van der Waals surface area contributed by atoms with Gasteiger partial charge in [0.15, 0.2) is 0 Å². The van der Waals surface area contributed by atoms with Crippen LogP contribution in [0.2, 0.25) is 0 Å². The summed E-state index contributed by atoms with van der Waals surface area (Å²) in [5.74, 6) is 0.894. The highest BCUT2D eigenvalue weighted by Crippen LogP contribution is 2.13. The standard InChI is InChI=1S/C16H19N3O/c20-16-15-13(9-5-11-17-16)18-14(19-15)10-4-8-12-6-2-1-3-7-12/h1-3,6-7H,4-5,8-11H2,(H,17,20)(H,18,19). The summed E-state index contributed by atoms with van der Waals surface area (Å²) in [6.45, 7) is 0.742. The number of fused-ring (bicyclic) bond motifs is 1. The van der Waals surface area contributed by atoms with Crippen LogP contribution in [0.25, 0.3) is 0 Å². The number of imidazole rings is 1. The van der Waals surface area contributed by atoms with Crippen LogP contribution in [0.1, 0.15) is 40.4 Å². The van der Waals surface area contributed by atoms with E-state index in [-0.39, 0.29) is 5.91 Å². The summed E-state index contributed by atoms with van der Waals surface area (Å²) in [6, 6.07) is 10.4. The molecule has 0 saturated heterocycles. The summed E-state index contributed by atoms with van der Waals surface area (Å²) in [5.41, 5.74) is 2.94. The largest absolute Gasteiger partial charge is 0.351 e. The summed E-state index contributed by atoms with van der Waals surface area (Å²) < 4.78 is 0. The Hall–Kier alpha value is -2.10. The number of hydrogen-bond acceptors (Lipinski definition) is 2. The highest BCUT2D eigenvalue weighted by molar-refractivity contribution is 5.93. The number of nitrogens with zero attached hydrogens (tertiary/aromatic N) is 1. The molecule has 0 spiro atoms. The third kappa shape index (κ3) is 2.90. The summed E-state index contributed by atoms with van der Waals surface area (Å²) >= 11 is 0. The molecule has 104 valence electrons. The van der Waals surface area contributed by atoms with Crippen molar-refractivity contribution in [3.8, 4) is 0 Å². The van der Waals surface area contributed by atoms with Crippen molar-refractivity contribution in [1.29, 1.82) is 0 Å². The van der Waals surface area contributed by atoms with Gasteiger partial charge in [0, 0.05) is 18.7 Å². The summed E-state index contributed by atoms with van der Waals surface area (Å²) in [4.78, 5) is 19.6. The van der Waals surface area contributed by atoms with E-state index in [0.29, 0.717) is 5.69 Å². The molecule has 3 rings (SSSR count). The fraction of sp³-hybridized carbons (Fsp3) is 0.375. The molecule has 1 aliphatic rings.